The van der Waals surface area contributed by atoms with Gasteiger partial charge in [-0.3, -0.25) is 9.59 Å². The maximum atomic E-state index is 12.5. The summed E-state index contributed by atoms with van der Waals surface area (Å²) in [7, 11) is 0. The summed E-state index contributed by atoms with van der Waals surface area (Å²) in [6, 6.07) is -0.541. The van der Waals surface area contributed by atoms with Crippen LogP contribution in [-0.4, -0.2) is 47.4 Å². The summed E-state index contributed by atoms with van der Waals surface area (Å²) in [6.45, 7) is 4.96. The van der Waals surface area contributed by atoms with E-state index in [1.54, 1.807) is 0 Å². The van der Waals surface area contributed by atoms with Crippen LogP contribution in [0.4, 0.5) is 0 Å². The molecule has 0 aliphatic heterocycles. The van der Waals surface area contributed by atoms with E-state index in [-0.39, 0.29) is 18.5 Å². The molecule has 0 rings (SSSR count). The Kier molecular flexibility index (Phi) is 62.9. The number of allylic oxidation sites excluding steroid dienone is 2. The molecule has 0 aromatic rings. The van der Waals surface area contributed by atoms with Gasteiger partial charge in [-0.2, -0.15) is 0 Å². The third kappa shape index (κ3) is 59.8. The molecule has 440 valence electrons. The van der Waals surface area contributed by atoms with Crippen LogP contribution >= 0.6 is 0 Å². The highest BCUT2D eigenvalue weighted by Crippen LogP contribution is 2.19. The monoisotopic (exact) mass is 1040 g/mol. The van der Waals surface area contributed by atoms with Crippen molar-refractivity contribution in [2.75, 3.05) is 13.2 Å². The SMILES string of the molecule is CCCCC/C=C\CCCCCCCC(=O)OCCCCCCCCCCCCCCCCCCCCCCCCCCC(=O)NC(CO)C(O)CCCCCCCCCCCCCCCCCCCCCCC. The molecule has 0 aliphatic carbocycles. The van der Waals surface area contributed by atoms with Crippen LogP contribution in [0.15, 0.2) is 12.2 Å². The molecule has 0 heterocycles. The van der Waals surface area contributed by atoms with Crippen molar-refractivity contribution in [3.63, 3.8) is 0 Å². The molecule has 3 N–H and O–H groups in total. The number of aliphatic hydroxyl groups is 2. The van der Waals surface area contributed by atoms with Crippen LogP contribution in [-0.2, 0) is 14.3 Å². The van der Waals surface area contributed by atoms with Gasteiger partial charge < -0.3 is 20.3 Å². The number of unbranched alkanes of at least 4 members (excludes halogenated alkanes) is 51. The molecule has 74 heavy (non-hydrogen) atoms. The number of carbonyl (C=O) groups is 2. The first kappa shape index (κ1) is 72.6. The van der Waals surface area contributed by atoms with Crippen molar-refractivity contribution in [3.05, 3.63) is 12.2 Å². The lowest BCUT2D eigenvalue weighted by Gasteiger charge is -2.22. The van der Waals surface area contributed by atoms with Crippen LogP contribution in [0.5, 0.6) is 0 Å². The number of aliphatic hydroxyl groups excluding tert-OH is 2. The van der Waals surface area contributed by atoms with Crippen molar-refractivity contribution in [1.29, 1.82) is 0 Å². The van der Waals surface area contributed by atoms with E-state index in [0.717, 1.165) is 44.9 Å². The van der Waals surface area contributed by atoms with Crippen LogP contribution in [0.3, 0.4) is 0 Å². The molecule has 0 saturated heterocycles. The zero-order valence-corrected chi connectivity index (χ0v) is 50.4. The Labute approximate surface area is 463 Å². The highest BCUT2D eigenvalue weighted by atomic mass is 16.5. The third-order valence-corrected chi connectivity index (χ3v) is 16.1. The van der Waals surface area contributed by atoms with Crippen molar-refractivity contribution in [3.8, 4) is 0 Å². The fourth-order valence-corrected chi connectivity index (χ4v) is 10.9. The molecular weight excluding hydrogens is 911 g/mol. The summed E-state index contributed by atoms with van der Waals surface area (Å²) in [4.78, 5) is 24.6. The van der Waals surface area contributed by atoms with Crippen LogP contribution in [0.2, 0.25) is 0 Å². The lowest BCUT2D eigenvalue weighted by atomic mass is 10.0. The van der Waals surface area contributed by atoms with E-state index in [1.807, 2.05) is 0 Å². The Morgan fingerprint density at radius 1 is 0.365 bits per heavy atom. The number of hydrogen-bond acceptors (Lipinski definition) is 5. The molecule has 0 spiro atoms. The molecule has 0 fully saturated rings. The fourth-order valence-electron chi connectivity index (χ4n) is 10.9. The van der Waals surface area contributed by atoms with E-state index >= 15 is 0 Å². The smallest absolute Gasteiger partial charge is 0.305 e. The average Bonchev–Trinajstić information content (AvgIpc) is 3.40. The van der Waals surface area contributed by atoms with Crippen molar-refractivity contribution in [2.45, 2.75) is 398 Å². The van der Waals surface area contributed by atoms with E-state index in [2.05, 4.69) is 31.3 Å². The van der Waals surface area contributed by atoms with Gasteiger partial charge in [0.05, 0.1) is 25.4 Å². The zero-order chi connectivity index (χ0) is 53.6. The van der Waals surface area contributed by atoms with Gasteiger partial charge in [0.15, 0.2) is 0 Å². The third-order valence-electron chi connectivity index (χ3n) is 16.1. The quantitative estimate of drug-likeness (QED) is 0.0320. The summed E-state index contributed by atoms with van der Waals surface area (Å²) in [5.41, 5.74) is 0. The van der Waals surface area contributed by atoms with Crippen molar-refractivity contribution >= 4 is 11.9 Å². The molecule has 0 radical (unpaired) electrons. The highest BCUT2D eigenvalue weighted by molar-refractivity contribution is 5.76. The molecule has 6 nitrogen and oxygen atoms in total. The average molecular weight is 1040 g/mol. The van der Waals surface area contributed by atoms with E-state index in [0.29, 0.717) is 25.9 Å². The van der Waals surface area contributed by atoms with E-state index in [1.165, 1.54) is 308 Å². The first-order chi connectivity index (χ1) is 36.5. The zero-order valence-electron chi connectivity index (χ0n) is 50.4. The molecule has 0 aromatic carbocycles. The fraction of sp³-hybridized carbons (Fsp3) is 0.941. The molecule has 0 aliphatic rings. The summed E-state index contributed by atoms with van der Waals surface area (Å²) >= 11 is 0. The Morgan fingerprint density at radius 3 is 0.986 bits per heavy atom. The summed E-state index contributed by atoms with van der Waals surface area (Å²) < 4.78 is 5.47. The van der Waals surface area contributed by atoms with Crippen molar-refractivity contribution in [2.24, 2.45) is 0 Å². The summed E-state index contributed by atoms with van der Waals surface area (Å²) in [5.74, 6) is -0.0229. The molecule has 6 heteroatoms. The number of hydrogen-bond donors (Lipinski definition) is 3. The molecule has 2 unspecified atom stereocenters. The number of ether oxygens (including phenoxy) is 1. The van der Waals surface area contributed by atoms with Gasteiger partial charge in [0.25, 0.3) is 0 Å². The molecule has 2 atom stereocenters. The molecular formula is C68H133NO5. The molecule has 1 amide bonds. The van der Waals surface area contributed by atoms with E-state index < -0.39 is 12.1 Å². The number of esters is 1. The predicted octanol–water partition coefficient (Wildman–Crippen LogP) is 21.6. The lowest BCUT2D eigenvalue weighted by Crippen LogP contribution is -2.45. The number of amides is 1. The van der Waals surface area contributed by atoms with E-state index in [4.69, 9.17) is 4.74 Å². The van der Waals surface area contributed by atoms with Crippen LogP contribution in [0.1, 0.15) is 386 Å². The van der Waals surface area contributed by atoms with Crippen LogP contribution in [0.25, 0.3) is 0 Å². The summed E-state index contributed by atoms with van der Waals surface area (Å²) in [6.07, 6.45) is 78.2. The predicted molar refractivity (Wildman–Crippen MR) is 324 cm³/mol. The minimum atomic E-state index is -0.664. The van der Waals surface area contributed by atoms with Gasteiger partial charge in [-0.05, 0) is 51.4 Å². The maximum absolute atomic E-state index is 12.5. The topological polar surface area (TPSA) is 95.9 Å². The van der Waals surface area contributed by atoms with Crippen molar-refractivity contribution < 1.29 is 24.5 Å². The van der Waals surface area contributed by atoms with E-state index in [9.17, 15) is 19.8 Å². The number of rotatable bonds is 64. The minimum Gasteiger partial charge on any atom is -0.466 e. The number of nitrogens with one attached hydrogen (secondary N) is 1. The van der Waals surface area contributed by atoms with Gasteiger partial charge in [0.2, 0.25) is 5.91 Å². The Hall–Kier alpha value is -1.40. The second-order valence-corrected chi connectivity index (χ2v) is 23.5. The largest absolute Gasteiger partial charge is 0.466 e. The van der Waals surface area contributed by atoms with Crippen LogP contribution in [0, 0.1) is 0 Å². The highest BCUT2D eigenvalue weighted by Gasteiger charge is 2.20. The number of carbonyl (C=O) groups excluding carboxylic acids is 2. The van der Waals surface area contributed by atoms with Gasteiger partial charge in [0, 0.05) is 12.8 Å². The lowest BCUT2D eigenvalue weighted by molar-refractivity contribution is -0.143. The standard InChI is InChI=1S/C68H133NO5/c1-3-5-7-9-11-13-15-17-18-19-20-25-28-31-34-37-40-44-48-52-56-60-66(71)65(64-70)69-67(72)61-57-53-49-45-41-38-35-32-29-26-23-21-22-24-27-30-33-36-39-43-47-51-55-59-63-74-68(73)62-58-54-50-46-42-16-14-12-10-8-6-4-2/h12,14,65-66,70-71H,3-11,13,15-64H2,1-2H3,(H,69,72)/b14-12-. The Morgan fingerprint density at radius 2 is 0.635 bits per heavy atom. The molecule has 0 bridgehead atoms. The van der Waals surface area contributed by atoms with Crippen LogP contribution < -0.4 is 5.32 Å². The molecule has 0 saturated carbocycles. The van der Waals surface area contributed by atoms with Gasteiger partial charge in [-0.25, -0.2) is 0 Å². The van der Waals surface area contributed by atoms with Crippen molar-refractivity contribution in [1.82, 2.24) is 5.32 Å². The van der Waals surface area contributed by atoms with Gasteiger partial charge in [-0.15, -0.1) is 0 Å². The minimum absolute atomic E-state index is 0.00630. The maximum Gasteiger partial charge on any atom is 0.305 e. The summed E-state index contributed by atoms with van der Waals surface area (Å²) in [5, 5.41) is 23.4. The first-order valence-corrected chi connectivity index (χ1v) is 33.9. The first-order valence-electron chi connectivity index (χ1n) is 33.9. The second-order valence-electron chi connectivity index (χ2n) is 23.5. The Bertz CT molecular complexity index is 1110. The van der Waals surface area contributed by atoms with Gasteiger partial charge in [0.1, 0.15) is 0 Å². The normalized spacial score (nSPS) is 12.5. The van der Waals surface area contributed by atoms with Gasteiger partial charge >= 0.3 is 5.97 Å². The van der Waals surface area contributed by atoms with Gasteiger partial charge in [-0.1, -0.05) is 334 Å². The second kappa shape index (κ2) is 64.1. The Balaban J connectivity index is 3.37. The molecule has 0 aromatic heterocycles.